The molecule has 3 rings (SSSR count). The van der Waals surface area contributed by atoms with Crippen molar-refractivity contribution in [2.45, 2.75) is 76.2 Å². The van der Waals surface area contributed by atoms with E-state index in [1.807, 2.05) is 20.8 Å². The number of hydrogen-bond acceptors (Lipinski definition) is 5. The molecule has 0 aromatic heterocycles. The van der Waals surface area contributed by atoms with Gasteiger partial charge in [-0.15, -0.1) is 0 Å². The Hall–Kier alpha value is -2.87. The van der Waals surface area contributed by atoms with Crippen molar-refractivity contribution in [2.75, 3.05) is 4.72 Å². The van der Waals surface area contributed by atoms with Gasteiger partial charge < -0.3 is 9.84 Å². The Balaban J connectivity index is 2.21. The van der Waals surface area contributed by atoms with Crippen LogP contribution in [0.25, 0.3) is 5.57 Å². The molecule has 34 heavy (non-hydrogen) atoms. The molecular weight excluding hydrogens is 457 g/mol. The summed E-state index contributed by atoms with van der Waals surface area (Å²) in [5.41, 5.74) is -0.849. The van der Waals surface area contributed by atoms with Gasteiger partial charge in [0, 0.05) is 23.2 Å². The van der Waals surface area contributed by atoms with Crippen molar-refractivity contribution < 1.29 is 27.4 Å². The molecule has 2 N–H and O–H groups in total. The summed E-state index contributed by atoms with van der Waals surface area (Å²) >= 11 is 0. The number of benzene rings is 2. The quantitative estimate of drug-likeness (QED) is 0.392. The topological polar surface area (TPSA) is 92.7 Å². The molecule has 0 unspecified atom stereocenters. The minimum absolute atomic E-state index is 0.0320. The zero-order valence-electron chi connectivity index (χ0n) is 19.9. The van der Waals surface area contributed by atoms with E-state index in [0.717, 1.165) is 18.9 Å². The van der Waals surface area contributed by atoms with E-state index < -0.39 is 27.4 Å². The second-order valence-electron chi connectivity index (χ2n) is 8.70. The number of para-hydroxylation sites is 1. The number of esters is 1. The SMILES string of the molecule is CCCc1c(F)ccc(C2=C(O)CC(CCC)(CCC)OC2=O)c1S(=O)(=O)Nc1ccccc1. The Morgan fingerprint density at radius 2 is 1.68 bits per heavy atom. The molecule has 1 aliphatic rings. The Labute approximate surface area is 200 Å². The zero-order chi connectivity index (χ0) is 24.9. The number of carbonyl (C=O) groups excluding carboxylic acids is 1. The first-order valence-electron chi connectivity index (χ1n) is 11.7. The van der Waals surface area contributed by atoms with E-state index in [0.29, 0.717) is 24.9 Å². The molecule has 6 nitrogen and oxygen atoms in total. The minimum Gasteiger partial charge on any atom is -0.511 e. The average molecular weight is 490 g/mol. The first-order chi connectivity index (χ1) is 16.2. The maximum atomic E-state index is 14.9. The molecule has 0 saturated heterocycles. The minimum atomic E-state index is -4.31. The number of rotatable bonds is 10. The molecule has 0 saturated carbocycles. The first kappa shape index (κ1) is 25.7. The van der Waals surface area contributed by atoms with Crippen LogP contribution in [-0.4, -0.2) is 25.1 Å². The van der Waals surface area contributed by atoms with Crippen molar-refractivity contribution in [3.05, 3.63) is 65.2 Å². The van der Waals surface area contributed by atoms with Crippen LogP contribution in [0.1, 0.15) is 70.4 Å². The monoisotopic (exact) mass is 489 g/mol. The van der Waals surface area contributed by atoms with Crippen molar-refractivity contribution in [3.63, 3.8) is 0 Å². The lowest BCUT2D eigenvalue weighted by atomic mass is 9.84. The van der Waals surface area contributed by atoms with Gasteiger partial charge in [-0.25, -0.2) is 17.6 Å². The highest BCUT2D eigenvalue weighted by Crippen LogP contribution is 2.42. The summed E-state index contributed by atoms with van der Waals surface area (Å²) < 4.78 is 50.3. The number of halogens is 1. The molecule has 0 fully saturated rings. The third-order valence-electron chi connectivity index (χ3n) is 5.97. The summed E-state index contributed by atoms with van der Waals surface area (Å²) in [4.78, 5) is 12.9. The van der Waals surface area contributed by atoms with Crippen molar-refractivity contribution >= 4 is 27.3 Å². The number of aliphatic hydroxyl groups is 1. The maximum Gasteiger partial charge on any atom is 0.342 e. The van der Waals surface area contributed by atoms with Crippen LogP contribution in [0, 0.1) is 5.82 Å². The molecule has 184 valence electrons. The maximum absolute atomic E-state index is 14.9. The molecule has 0 atom stereocenters. The molecule has 0 radical (unpaired) electrons. The predicted molar refractivity (Wildman–Crippen MR) is 130 cm³/mol. The van der Waals surface area contributed by atoms with Crippen LogP contribution in [-0.2, 0) is 26.0 Å². The van der Waals surface area contributed by atoms with Gasteiger partial charge in [-0.2, -0.15) is 0 Å². The molecule has 1 heterocycles. The van der Waals surface area contributed by atoms with E-state index in [1.54, 1.807) is 30.3 Å². The number of aliphatic hydroxyl groups excluding tert-OH is 1. The molecule has 2 aromatic carbocycles. The number of ether oxygens (including phenoxy) is 1. The predicted octanol–water partition coefficient (Wildman–Crippen LogP) is 6.13. The zero-order valence-corrected chi connectivity index (χ0v) is 20.7. The molecule has 8 heteroatoms. The normalized spacial score (nSPS) is 15.8. The van der Waals surface area contributed by atoms with E-state index in [4.69, 9.17) is 4.74 Å². The molecule has 1 aliphatic heterocycles. The van der Waals surface area contributed by atoms with E-state index in [-0.39, 0.29) is 40.2 Å². The molecule has 2 aromatic rings. The van der Waals surface area contributed by atoms with Crippen molar-refractivity contribution in [2.24, 2.45) is 0 Å². The summed E-state index contributed by atoms with van der Waals surface area (Å²) in [7, 11) is -4.31. The van der Waals surface area contributed by atoms with Gasteiger partial charge in [0.05, 0.1) is 0 Å². The van der Waals surface area contributed by atoms with Gasteiger partial charge in [-0.1, -0.05) is 58.2 Å². The number of hydrogen-bond donors (Lipinski definition) is 2. The lowest BCUT2D eigenvalue weighted by molar-refractivity contribution is -0.157. The molecule has 0 spiro atoms. The van der Waals surface area contributed by atoms with Gasteiger partial charge in [0.15, 0.2) is 0 Å². The van der Waals surface area contributed by atoms with Crippen molar-refractivity contribution in [1.82, 2.24) is 0 Å². The van der Waals surface area contributed by atoms with E-state index in [9.17, 15) is 22.7 Å². The standard InChI is InChI=1S/C26H32FNO5S/c1-4-10-19-21(27)14-13-20(24(19)34(31,32)28-18-11-8-7-9-12-18)23-22(29)17-26(15-5-2,16-6-3)33-25(23)30/h7-9,11-14,28-29H,4-6,10,15-17H2,1-3H3. The highest BCUT2D eigenvalue weighted by atomic mass is 32.2. The fourth-order valence-electron chi connectivity index (χ4n) is 4.68. The van der Waals surface area contributed by atoms with Gasteiger partial charge in [0.25, 0.3) is 10.0 Å². The van der Waals surface area contributed by atoms with Crippen LogP contribution in [0.2, 0.25) is 0 Å². The second-order valence-corrected chi connectivity index (χ2v) is 10.3. The fourth-order valence-corrected chi connectivity index (χ4v) is 6.21. The van der Waals surface area contributed by atoms with Gasteiger partial charge in [-0.3, -0.25) is 4.72 Å². The largest absolute Gasteiger partial charge is 0.511 e. The fraction of sp³-hybridized carbons (Fsp3) is 0.423. The van der Waals surface area contributed by atoms with Crippen molar-refractivity contribution in [3.8, 4) is 0 Å². The van der Waals surface area contributed by atoms with Gasteiger partial charge in [0.2, 0.25) is 0 Å². The van der Waals surface area contributed by atoms with E-state index >= 15 is 0 Å². The Morgan fingerprint density at radius 1 is 1.03 bits per heavy atom. The molecule has 0 bridgehead atoms. The van der Waals surface area contributed by atoms with Gasteiger partial charge >= 0.3 is 5.97 Å². The number of sulfonamides is 1. The Bertz CT molecular complexity index is 1170. The van der Waals surface area contributed by atoms with Crippen LogP contribution in [0.15, 0.2) is 53.1 Å². The molecule has 0 amide bonds. The van der Waals surface area contributed by atoms with Crippen LogP contribution < -0.4 is 4.72 Å². The highest BCUT2D eigenvalue weighted by Gasteiger charge is 2.42. The van der Waals surface area contributed by atoms with E-state index in [1.165, 1.54) is 6.07 Å². The molecule has 0 aliphatic carbocycles. The average Bonchev–Trinajstić information content (AvgIpc) is 2.76. The summed E-state index contributed by atoms with van der Waals surface area (Å²) in [5.74, 6) is -1.71. The Kier molecular flexibility index (Phi) is 8.02. The second kappa shape index (κ2) is 10.6. The number of anilines is 1. The number of cyclic esters (lactones) is 1. The van der Waals surface area contributed by atoms with E-state index in [2.05, 4.69) is 4.72 Å². The lowest BCUT2D eigenvalue weighted by Crippen LogP contribution is -2.40. The smallest absolute Gasteiger partial charge is 0.342 e. The van der Waals surface area contributed by atoms with Crippen LogP contribution >= 0.6 is 0 Å². The summed E-state index contributed by atoms with van der Waals surface area (Å²) in [5, 5.41) is 11.0. The Morgan fingerprint density at radius 3 is 2.24 bits per heavy atom. The van der Waals surface area contributed by atoms with Crippen molar-refractivity contribution in [1.29, 1.82) is 0 Å². The summed E-state index contributed by atoms with van der Waals surface area (Å²) in [6.45, 7) is 5.75. The third kappa shape index (κ3) is 5.27. The first-order valence-corrected chi connectivity index (χ1v) is 13.2. The summed E-state index contributed by atoms with van der Waals surface area (Å²) in [6.07, 6.45) is 3.39. The van der Waals surface area contributed by atoms with Crippen LogP contribution in [0.3, 0.4) is 0 Å². The molecular formula is C26H32FNO5S. The number of nitrogens with one attached hydrogen (secondary N) is 1. The van der Waals surface area contributed by atoms with Gasteiger partial charge in [0.1, 0.15) is 27.6 Å². The van der Waals surface area contributed by atoms with Gasteiger partial charge in [-0.05, 0) is 43.5 Å². The highest BCUT2D eigenvalue weighted by molar-refractivity contribution is 7.92. The summed E-state index contributed by atoms with van der Waals surface area (Å²) in [6, 6.07) is 10.6. The van der Waals surface area contributed by atoms with Crippen LogP contribution in [0.4, 0.5) is 10.1 Å². The third-order valence-corrected chi connectivity index (χ3v) is 7.48. The number of carbonyl (C=O) groups is 1. The lowest BCUT2D eigenvalue weighted by Gasteiger charge is -2.37. The van der Waals surface area contributed by atoms with Crippen LogP contribution in [0.5, 0.6) is 0 Å².